The van der Waals surface area contributed by atoms with Gasteiger partial charge in [0, 0.05) is 18.8 Å². The Morgan fingerprint density at radius 1 is 1.25 bits per heavy atom. The van der Waals surface area contributed by atoms with Crippen molar-refractivity contribution in [1.29, 1.82) is 0 Å². The van der Waals surface area contributed by atoms with Gasteiger partial charge < -0.3 is 4.90 Å². The van der Waals surface area contributed by atoms with Gasteiger partial charge in [-0.25, -0.2) is 14.6 Å². The van der Waals surface area contributed by atoms with E-state index in [1.807, 2.05) is 13.0 Å². The van der Waals surface area contributed by atoms with E-state index >= 15 is 0 Å². The molecule has 1 aliphatic carbocycles. The van der Waals surface area contributed by atoms with Gasteiger partial charge in [0.1, 0.15) is 11.6 Å². The standard InChI is InChI=1S/C18H23N5O/c1-13-19-9-8-17(20-13)22-10-4-6-15(22)12-23-18(24)11-14-5-2-3-7-16(14)21-23/h8-9,11,15H,2-7,10,12H2,1H3. The number of hydrogen-bond acceptors (Lipinski definition) is 5. The summed E-state index contributed by atoms with van der Waals surface area (Å²) in [5, 5.41) is 4.67. The van der Waals surface area contributed by atoms with Gasteiger partial charge in [-0.3, -0.25) is 4.79 Å². The van der Waals surface area contributed by atoms with Gasteiger partial charge in [-0.15, -0.1) is 0 Å². The predicted molar refractivity (Wildman–Crippen MR) is 92.3 cm³/mol. The molecule has 0 saturated carbocycles. The van der Waals surface area contributed by atoms with Crippen LogP contribution in [0.2, 0.25) is 0 Å². The van der Waals surface area contributed by atoms with Crippen molar-refractivity contribution in [1.82, 2.24) is 19.7 Å². The average Bonchev–Trinajstić information content (AvgIpc) is 3.04. The Morgan fingerprint density at radius 2 is 2.12 bits per heavy atom. The fraction of sp³-hybridized carbons (Fsp3) is 0.556. The third kappa shape index (κ3) is 2.92. The topological polar surface area (TPSA) is 63.9 Å². The van der Waals surface area contributed by atoms with Crippen molar-refractivity contribution in [2.75, 3.05) is 11.4 Å². The zero-order valence-electron chi connectivity index (χ0n) is 14.1. The van der Waals surface area contributed by atoms with Gasteiger partial charge in [0.15, 0.2) is 0 Å². The summed E-state index contributed by atoms with van der Waals surface area (Å²) < 4.78 is 1.67. The summed E-state index contributed by atoms with van der Waals surface area (Å²) in [7, 11) is 0. The van der Waals surface area contributed by atoms with Crippen LogP contribution in [-0.4, -0.2) is 32.3 Å². The van der Waals surface area contributed by atoms with Crippen molar-refractivity contribution >= 4 is 5.82 Å². The number of fused-ring (bicyclic) bond motifs is 1. The second-order valence-corrected chi connectivity index (χ2v) is 6.80. The molecule has 1 atom stereocenters. The lowest BCUT2D eigenvalue weighted by molar-refractivity contribution is 0.472. The lowest BCUT2D eigenvalue weighted by Crippen LogP contribution is -2.38. The van der Waals surface area contributed by atoms with Gasteiger partial charge in [-0.2, -0.15) is 5.10 Å². The van der Waals surface area contributed by atoms with E-state index in [0.29, 0.717) is 6.54 Å². The first-order valence-electron chi connectivity index (χ1n) is 8.87. The summed E-state index contributed by atoms with van der Waals surface area (Å²) in [6.07, 6.45) is 8.32. The van der Waals surface area contributed by atoms with E-state index in [2.05, 4.69) is 20.0 Å². The molecule has 6 nitrogen and oxygen atoms in total. The molecule has 2 aliphatic rings. The van der Waals surface area contributed by atoms with Crippen LogP contribution in [0.1, 0.15) is 42.8 Å². The van der Waals surface area contributed by atoms with Gasteiger partial charge in [-0.1, -0.05) is 0 Å². The monoisotopic (exact) mass is 325 g/mol. The fourth-order valence-electron chi connectivity index (χ4n) is 3.86. The first-order chi connectivity index (χ1) is 11.7. The summed E-state index contributed by atoms with van der Waals surface area (Å²) in [4.78, 5) is 23.5. The minimum absolute atomic E-state index is 0.0290. The predicted octanol–water partition coefficient (Wildman–Crippen LogP) is 1.89. The average molecular weight is 325 g/mol. The van der Waals surface area contributed by atoms with E-state index in [9.17, 15) is 4.79 Å². The third-order valence-electron chi connectivity index (χ3n) is 5.09. The number of rotatable bonds is 3. The van der Waals surface area contributed by atoms with Gasteiger partial charge in [0.25, 0.3) is 5.56 Å². The lowest BCUT2D eigenvalue weighted by Gasteiger charge is -2.26. The number of anilines is 1. The zero-order valence-corrected chi connectivity index (χ0v) is 14.1. The highest BCUT2D eigenvalue weighted by molar-refractivity contribution is 5.40. The molecule has 2 aromatic heterocycles. The van der Waals surface area contributed by atoms with Crippen LogP contribution in [0, 0.1) is 6.92 Å². The molecule has 0 N–H and O–H groups in total. The summed E-state index contributed by atoms with van der Waals surface area (Å²) in [5.41, 5.74) is 2.29. The molecule has 0 bridgehead atoms. The van der Waals surface area contributed by atoms with E-state index < -0.39 is 0 Å². The summed E-state index contributed by atoms with van der Waals surface area (Å²) in [6.45, 7) is 3.51. The van der Waals surface area contributed by atoms with Crippen LogP contribution in [0.4, 0.5) is 5.82 Å². The Bertz CT molecular complexity index is 800. The van der Waals surface area contributed by atoms with Crippen molar-refractivity contribution in [3.8, 4) is 0 Å². The van der Waals surface area contributed by atoms with Crippen molar-refractivity contribution in [2.24, 2.45) is 0 Å². The molecule has 6 heteroatoms. The third-order valence-corrected chi connectivity index (χ3v) is 5.09. The number of aromatic nitrogens is 4. The van der Waals surface area contributed by atoms with Crippen LogP contribution < -0.4 is 10.5 Å². The highest BCUT2D eigenvalue weighted by Crippen LogP contribution is 2.24. The lowest BCUT2D eigenvalue weighted by atomic mass is 9.97. The van der Waals surface area contributed by atoms with Gasteiger partial charge >= 0.3 is 0 Å². The molecule has 0 aromatic carbocycles. The number of aryl methyl sites for hydroxylation is 3. The van der Waals surface area contributed by atoms with Gasteiger partial charge in [-0.05, 0) is 57.1 Å². The largest absolute Gasteiger partial charge is 0.352 e. The molecule has 24 heavy (non-hydrogen) atoms. The second kappa shape index (κ2) is 6.34. The van der Waals surface area contributed by atoms with Crippen molar-refractivity contribution in [2.45, 2.75) is 58.0 Å². The maximum absolute atomic E-state index is 12.4. The quantitative estimate of drug-likeness (QED) is 0.862. The Labute approximate surface area is 141 Å². The van der Waals surface area contributed by atoms with Crippen LogP contribution in [0.15, 0.2) is 23.1 Å². The van der Waals surface area contributed by atoms with Gasteiger partial charge in [0.2, 0.25) is 0 Å². The Hall–Kier alpha value is -2.24. The minimum Gasteiger partial charge on any atom is -0.352 e. The second-order valence-electron chi connectivity index (χ2n) is 6.80. The van der Waals surface area contributed by atoms with Crippen LogP contribution in [0.5, 0.6) is 0 Å². The van der Waals surface area contributed by atoms with E-state index in [0.717, 1.165) is 55.1 Å². The zero-order chi connectivity index (χ0) is 16.5. The summed E-state index contributed by atoms with van der Waals surface area (Å²) in [5.74, 6) is 1.73. The molecule has 2 aromatic rings. The molecular weight excluding hydrogens is 302 g/mol. The van der Waals surface area contributed by atoms with E-state index in [4.69, 9.17) is 0 Å². The first-order valence-corrected chi connectivity index (χ1v) is 8.87. The maximum Gasteiger partial charge on any atom is 0.267 e. The Balaban J connectivity index is 1.59. The Morgan fingerprint density at radius 3 is 3.00 bits per heavy atom. The van der Waals surface area contributed by atoms with E-state index in [-0.39, 0.29) is 11.6 Å². The van der Waals surface area contributed by atoms with Crippen molar-refractivity contribution < 1.29 is 0 Å². The normalized spacial score (nSPS) is 20.2. The van der Waals surface area contributed by atoms with E-state index in [1.165, 1.54) is 12.8 Å². The Kier molecular flexibility index (Phi) is 4.04. The molecule has 1 aliphatic heterocycles. The van der Waals surface area contributed by atoms with E-state index in [1.54, 1.807) is 16.9 Å². The molecule has 0 amide bonds. The number of hydrogen-bond donors (Lipinski definition) is 0. The van der Waals surface area contributed by atoms with Crippen LogP contribution in [0.25, 0.3) is 0 Å². The summed E-state index contributed by atoms with van der Waals surface area (Å²) in [6, 6.07) is 4.02. The molecule has 0 radical (unpaired) electrons. The van der Waals surface area contributed by atoms with Crippen molar-refractivity contribution in [3.05, 3.63) is 45.8 Å². The molecule has 1 fully saturated rings. The highest BCUT2D eigenvalue weighted by atomic mass is 16.1. The highest BCUT2D eigenvalue weighted by Gasteiger charge is 2.27. The molecule has 3 heterocycles. The molecule has 1 saturated heterocycles. The SMILES string of the molecule is Cc1nccc(N2CCCC2Cn2nc3c(cc2=O)CCCC3)n1. The fourth-order valence-corrected chi connectivity index (χ4v) is 3.86. The van der Waals surface area contributed by atoms with Crippen LogP contribution in [0.3, 0.4) is 0 Å². The molecule has 1 unspecified atom stereocenters. The smallest absolute Gasteiger partial charge is 0.267 e. The molecule has 0 spiro atoms. The minimum atomic E-state index is 0.0290. The first kappa shape index (κ1) is 15.3. The maximum atomic E-state index is 12.4. The van der Waals surface area contributed by atoms with Crippen LogP contribution >= 0.6 is 0 Å². The molecule has 126 valence electrons. The summed E-state index contributed by atoms with van der Waals surface area (Å²) >= 11 is 0. The number of nitrogens with zero attached hydrogens (tertiary/aromatic N) is 5. The van der Waals surface area contributed by atoms with Crippen molar-refractivity contribution in [3.63, 3.8) is 0 Å². The molecule has 4 rings (SSSR count). The van der Waals surface area contributed by atoms with Crippen LogP contribution in [-0.2, 0) is 19.4 Å². The molecular formula is C18H23N5O. The van der Waals surface area contributed by atoms with Gasteiger partial charge in [0.05, 0.1) is 18.3 Å².